The fraction of sp³-hybridized carbons (Fsp3) is 0.483. The number of carboxylic acid groups (broad SMARTS) is 1. The summed E-state index contributed by atoms with van der Waals surface area (Å²) in [6.45, 7) is 9.65. The third kappa shape index (κ3) is 5.93. The number of amides is 1. The molecule has 2 unspecified atom stereocenters. The van der Waals surface area contributed by atoms with Gasteiger partial charge in [0, 0.05) is 24.1 Å². The first-order chi connectivity index (χ1) is 18.4. The molecule has 1 amide bonds. The van der Waals surface area contributed by atoms with Crippen LogP contribution >= 0.6 is 0 Å². The van der Waals surface area contributed by atoms with Crippen molar-refractivity contribution in [3.63, 3.8) is 0 Å². The molecule has 2 aromatic rings. The van der Waals surface area contributed by atoms with Crippen LogP contribution in [0.15, 0.2) is 49.0 Å². The summed E-state index contributed by atoms with van der Waals surface area (Å²) in [5, 5.41) is 9.98. The summed E-state index contributed by atoms with van der Waals surface area (Å²) >= 11 is 0. The molecule has 1 saturated carbocycles. The molecule has 40 heavy (non-hydrogen) atoms. The topological polar surface area (TPSA) is 49.8 Å². The Morgan fingerprint density at radius 3 is 1.95 bits per heavy atom. The van der Waals surface area contributed by atoms with Gasteiger partial charge in [-0.05, 0) is 66.0 Å². The first-order valence-electron chi connectivity index (χ1n) is 12.8. The monoisotopic (exact) mass is 573 g/mol. The first kappa shape index (κ1) is 29.7. The number of hydrogen-bond donors (Lipinski definition) is 1. The minimum atomic E-state index is -5.03. The lowest BCUT2D eigenvalue weighted by Crippen LogP contribution is -2.46. The normalized spacial score (nSPS) is 25.4. The standard InChI is InChI=1S/C29H30F7NO3/c1-15(17-11-18(28(31,32)33)13-19(12-17)29(34,35)36)40-23-10-9-21-22(24(23)16-5-7-20(30)8-6-16)14-37(26(38)39)25(21)27(2,3)4/h5-8,11-13,21-25H,1,9-10,14H2,2-4H3,(H,38,39)/t21-,22-,23?,24+,25?/m0/s1. The van der Waals surface area contributed by atoms with Gasteiger partial charge in [-0.1, -0.05) is 39.5 Å². The molecule has 4 nitrogen and oxygen atoms in total. The highest BCUT2D eigenvalue weighted by Crippen LogP contribution is 2.53. The molecular formula is C29H30F7NO3. The van der Waals surface area contributed by atoms with Gasteiger partial charge in [0.1, 0.15) is 17.7 Å². The van der Waals surface area contributed by atoms with E-state index in [1.165, 1.54) is 17.0 Å². The predicted octanol–water partition coefficient (Wildman–Crippen LogP) is 8.44. The van der Waals surface area contributed by atoms with Gasteiger partial charge in [0.25, 0.3) is 0 Å². The van der Waals surface area contributed by atoms with E-state index in [2.05, 4.69) is 6.58 Å². The molecule has 1 aliphatic heterocycles. The van der Waals surface area contributed by atoms with Crippen LogP contribution in [0.5, 0.6) is 0 Å². The summed E-state index contributed by atoms with van der Waals surface area (Å²) in [6.07, 6.45) is -11.0. The number of fused-ring (bicyclic) bond motifs is 1. The van der Waals surface area contributed by atoms with Crippen LogP contribution < -0.4 is 0 Å². The summed E-state index contributed by atoms with van der Waals surface area (Å²) < 4.78 is 100. The Bertz CT molecular complexity index is 1230. The van der Waals surface area contributed by atoms with Gasteiger partial charge in [0.15, 0.2) is 0 Å². The minimum Gasteiger partial charge on any atom is -0.490 e. The molecule has 1 aliphatic carbocycles. The van der Waals surface area contributed by atoms with Crippen LogP contribution in [0.3, 0.4) is 0 Å². The molecule has 0 spiro atoms. The highest BCUT2D eigenvalue weighted by atomic mass is 19.4. The molecule has 11 heteroatoms. The number of nitrogens with zero attached hydrogens (tertiary/aromatic N) is 1. The van der Waals surface area contributed by atoms with E-state index in [0.29, 0.717) is 30.5 Å². The van der Waals surface area contributed by atoms with Crippen LogP contribution in [0.4, 0.5) is 35.5 Å². The molecule has 2 fully saturated rings. The zero-order valence-electron chi connectivity index (χ0n) is 22.1. The maximum atomic E-state index is 13.8. The molecule has 1 heterocycles. The average molecular weight is 574 g/mol. The van der Waals surface area contributed by atoms with E-state index in [1.807, 2.05) is 20.8 Å². The van der Waals surface area contributed by atoms with E-state index in [9.17, 15) is 40.6 Å². The Balaban J connectivity index is 1.73. The molecule has 2 aliphatic rings. The summed E-state index contributed by atoms with van der Waals surface area (Å²) in [7, 11) is 0. The number of benzene rings is 2. The number of halogens is 7. The Hall–Kier alpha value is -3.24. The van der Waals surface area contributed by atoms with Crippen molar-refractivity contribution in [3.8, 4) is 0 Å². The molecule has 0 radical (unpaired) electrons. The summed E-state index contributed by atoms with van der Waals surface area (Å²) in [6, 6.07) is 6.42. The number of hydrogen-bond acceptors (Lipinski definition) is 2. The van der Waals surface area contributed by atoms with E-state index < -0.39 is 58.4 Å². The number of alkyl halides is 6. The molecule has 0 aromatic heterocycles. The lowest BCUT2D eigenvalue weighted by atomic mass is 9.64. The van der Waals surface area contributed by atoms with E-state index in [1.54, 1.807) is 12.1 Å². The fourth-order valence-electron chi connectivity index (χ4n) is 6.46. The Morgan fingerprint density at radius 1 is 0.925 bits per heavy atom. The van der Waals surface area contributed by atoms with Crippen molar-refractivity contribution in [2.75, 3.05) is 6.54 Å². The minimum absolute atomic E-state index is 0.0367. The van der Waals surface area contributed by atoms with Gasteiger partial charge in [-0.3, -0.25) is 0 Å². The van der Waals surface area contributed by atoms with Crippen molar-refractivity contribution < 1.29 is 45.4 Å². The fourth-order valence-corrected chi connectivity index (χ4v) is 6.46. The first-order valence-corrected chi connectivity index (χ1v) is 12.8. The second-order valence-corrected chi connectivity index (χ2v) is 11.6. The molecule has 2 aromatic carbocycles. The maximum absolute atomic E-state index is 13.8. The lowest BCUT2D eigenvalue weighted by Gasteiger charge is -2.43. The Labute approximate surface area is 227 Å². The van der Waals surface area contributed by atoms with Crippen molar-refractivity contribution in [2.24, 2.45) is 17.3 Å². The zero-order chi connectivity index (χ0) is 29.8. The summed E-state index contributed by atoms with van der Waals surface area (Å²) in [4.78, 5) is 13.6. The summed E-state index contributed by atoms with van der Waals surface area (Å²) in [5.74, 6) is -1.76. The van der Waals surface area contributed by atoms with Crippen LogP contribution in [0.2, 0.25) is 0 Å². The highest BCUT2D eigenvalue weighted by Gasteiger charge is 2.55. The van der Waals surface area contributed by atoms with Gasteiger partial charge in [0.05, 0.1) is 11.1 Å². The number of likely N-dealkylation sites (tertiary alicyclic amines) is 1. The Morgan fingerprint density at radius 2 is 1.48 bits per heavy atom. The largest absolute Gasteiger partial charge is 0.490 e. The van der Waals surface area contributed by atoms with Crippen LogP contribution in [-0.2, 0) is 17.1 Å². The molecule has 1 N–H and O–H groups in total. The van der Waals surface area contributed by atoms with Crippen molar-refractivity contribution in [1.29, 1.82) is 0 Å². The molecule has 0 bridgehead atoms. The van der Waals surface area contributed by atoms with Crippen LogP contribution in [0.1, 0.15) is 61.8 Å². The quantitative estimate of drug-likeness (QED) is 0.295. The third-order valence-corrected chi connectivity index (χ3v) is 7.94. The Kier molecular flexibility index (Phi) is 7.66. The lowest BCUT2D eigenvalue weighted by molar-refractivity contribution is -0.143. The second kappa shape index (κ2) is 10.3. The SMILES string of the molecule is C=C(OC1CC[C@@H]2C(C(C)(C)C)N(C(=O)O)C[C@@H]2[C@H]1c1ccc(F)cc1)c1cc(C(F)(F)F)cc(C(F)(F)F)c1. The van der Waals surface area contributed by atoms with Crippen LogP contribution in [0.25, 0.3) is 5.76 Å². The van der Waals surface area contributed by atoms with Gasteiger partial charge in [-0.2, -0.15) is 26.3 Å². The maximum Gasteiger partial charge on any atom is 0.416 e. The number of carbonyl (C=O) groups is 1. The molecule has 4 rings (SSSR count). The van der Waals surface area contributed by atoms with Crippen LogP contribution in [0, 0.1) is 23.1 Å². The molecule has 218 valence electrons. The van der Waals surface area contributed by atoms with Crippen molar-refractivity contribution in [3.05, 3.63) is 77.1 Å². The van der Waals surface area contributed by atoms with Crippen molar-refractivity contribution in [2.45, 2.75) is 64.0 Å². The van der Waals surface area contributed by atoms with Gasteiger partial charge in [0.2, 0.25) is 0 Å². The van der Waals surface area contributed by atoms with Gasteiger partial charge in [-0.25, -0.2) is 9.18 Å². The highest BCUT2D eigenvalue weighted by molar-refractivity contribution is 5.66. The smallest absolute Gasteiger partial charge is 0.416 e. The average Bonchev–Trinajstić information content (AvgIpc) is 3.24. The van der Waals surface area contributed by atoms with Crippen LogP contribution in [-0.4, -0.2) is 34.8 Å². The summed E-state index contributed by atoms with van der Waals surface area (Å²) in [5.41, 5.74) is -3.21. The third-order valence-electron chi connectivity index (χ3n) is 7.94. The van der Waals surface area contributed by atoms with E-state index in [-0.39, 0.29) is 36.2 Å². The van der Waals surface area contributed by atoms with Gasteiger partial charge in [-0.15, -0.1) is 0 Å². The molecular weight excluding hydrogens is 543 g/mol. The van der Waals surface area contributed by atoms with Crippen molar-refractivity contribution >= 4 is 11.9 Å². The molecule has 1 saturated heterocycles. The number of ether oxygens (including phenoxy) is 1. The van der Waals surface area contributed by atoms with Crippen molar-refractivity contribution in [1.82, 2.24) is 4.90 Å². The number of rotatable bonds is 4. The van der Waals surface area contributed by atoms with Gasteiger partial charge < -0.3 is 14.7 Å². The zero-order valence-corrected chi connectivity index (χ0v) is 22.1. The predicted molar refractivity (Wildman–Crippen MR) is 134 cm³/mol. The van der Waals surface area contributed by atoms with Gasteiger partial charge >= 0.3 is 18.4 Å². The molecule has 5 atom stereocenters. The van der Waals surface area contributed by atoms with E-state index in [4.69, 9.17) is 4.74 Å². The second-order valence-electron chi connectivity index (χ2n) is 11.6. The van der Waals surface area contributed by atoms with E-state index >= 15 is 0 Å². The van der Waals surface area contributed by atoms with E-state index in [0.717, 1.165) is 0 Å².